The van der Waals surface area contributed by atoms with Gasteiger partial charge in [0.2, 0.25) is 0 Å². The summed E-state index contributed by atoms with van der Waals surface area (Å²) >= 11 is 0. The Morgan fingerprint density at radius 3 is 2.85 bits per heavy atom. The molecule has 0 spiro atoms. The minimum Gasteiger partial charge on any atom is -0.205 e. The van der Waals surface area contributed by atoms with Crippen molar-refractivity contribution in [2.45, 2.75) is 26.9 Å². The number of nitrogens with zero attached hydrogens (tertiary/aromatic N) is 3. The Hall–Kier alpha value is -1.25. The predicted molar refractivity (Wildman–Crippen MR) is 51.6 cm³/mol. The third-order valence-electron chi connectivity index (χ3n) is 2.30. The van der Waals surface area contributed by atoms with Gasteiger partial charge >= 0.3 is 6.34 Å². The molecule has 0 saturated carbocycles. The van der Waals surface area contributed by atoms with Crippen molar-refractivity contribution in [3.8, 4) is 0 Å². The summed E-state index contributed by atoms with van der Waals surface area (Å²) in [6.45, 7) is 6.61. The van der Waals surface area contributed by atoms with E-state index in [1.54, 1.807) is 6.34 Å². The monoisotopic (exact) mass is 176 g/mol. The van der Waals surface area contributed by atoms with E-state index in [1.165, 1.54) is 5.57 Å². The van der Waals surface area contributed by atoms with E-state index in [9.17, 15) is 0 Å². The van der Waals surface area contributed by atoms with E-state index in [-0.39, 0.29) is 11.6 Å². The van der Waals surface area contributed by atoms with Crippen molar-refractivity contribution >= 4 is 6.34 Å². The van der Waals surface area contributed by atoms with Gasteiger partial charge < -0.3 is 0 Å². The van der Waals surface area contributed by atoms with Crippen LogP contribution in [0.25, 0.3) is 0 Å². The zero-order valence-corrected chi connectivity index (χ0v) is 8.23. The highest BCUT2D eigenvalue weighted by atomic mass is 15.3. The molecule has 0 amide bonds. The molecule has 2 heterocycles. The van der Waals surface area contributed by atoms with Gasteiger partial charge in [0.15, 0.2) is 0 Å². The average Bonchev–Trinajstić information content (AvgIpc) is 2.47. The van der Waals surface area contributed by atoms with Crippen LogP contribution >= 0.6 is 0 Å². The predicted octanol–water partition coefficient (Wildman–Crippen LogP) is 2.32. The summed E-state index contributed by atoms with van der Waals surface area (Å²) in [7, 11) is 0. The Morgan fingerprint density at radius 2 is 2.15 bits per heavy atom. The summed E-state index contributed by atoms with van der Waals surface area (Å²) in [5.41, 5.74) is 1.52. The maximum atomic E-state index is 4.09. The molecule has 3 nitrogen and oxygen atoms in total. The standard InChI is InChI=1S/C10H14N3/c1-10(2,3)8-4-5-13-7-11-12-9(13)6-8/h4-7,9H,1-3H3/q+1. The van der Waals surface area contributed by atoms with Gasteiger partial charge in [-0.2, -0.15) is 0 Å². The fraction of sp³-hybridized carbons (Fsp3) is 0.500. The van der Waals surface area contributed by atoms with Crippen molar-refractivity contribution in [2.75, 3.05) is 0 Å². The van der Waals surface area contributed by atoms with Crippen LogP contribution in [0.2, 0.25) is 0 Å². The summed E-state index contributed by atoms with van der Waals surface area (Å²) < 4.78 is 2.00. The van der Waals surface area contributed by atoms with E-state index < -0.39 is 0 Å². The molecule has 0 fully saturated rings. The lowest BCUT2D eigenvalue weighted by molar-refractivity contribution is -0.476. The summed E-state index contributed by atoms with van der Waals surface area (Å²) in [5.74, 6) is 0. The molecule has 0 aromatic carbocycles. The van der Waals surface area contributed by atoms with Crippen LogP contribution in [0, 0.1) is 5.41 Å². The van der Waals surface area contributed by atoms with Crippen molar-refractivity contribution in [2.24, 2.45) is 15.6 Å². The van der Waals surface area contributed by atoms with E-state index >= 15 is 0 Å². The van der Waals surface area contributed by atoms with Crippen LogP contribution in [0.5, 0.6) is 0 Å². The van der Waals surface area contributed by atoms with E-state index in [0.717, 1.165) is 0 Å². The number of hydrogen-bond donors (Lipinski definition) is 0. The average molecular weight is 176 g/mol. The molecular formula is C10H14N3+. The first-order chi connectivity index (χ1) is 6.07. The topological polar surface area (TPSA) is 27.7 Å². The third kappa shape index (κ3) is 1.46. The summed E-state index contributed by atoms with van der Waals surface area (Å²) in [6, 6.07) is 0. The molecule has 0 aliphatic carbocycles. The van der Waals surface area contributed by atoms with E-state index in [2.05, 4.69) is 43.2 Å². The molecule has 0 radical (unpaired) electrons. The van der Waals surface area contributed by atoms with Crippen LogP contribution < -0.4 is 0 Å². The Labute approximate surface area is 78.2 Å². The zero-order valence-electron chi connectivity index (χ0n) is 8.23. The van der Waals surface area contributed by atoms with Crippen molar-refractivity contribution in [3.63, 3.8) is 0 Å². The zero-order chi connectivity index (χ0) is 9.47. The quantitative estimate of drug-likeness (QED) is 0.507. The van der Waals surface area contributed by atoms with Gasteiger partial charge in [0, 0.05) is 0 Å². The van der Waals surface area contributed by atoms with Crippen molar-refractivity contribution in [3.05, 3.63) is 23.9 Å². The molecular weight excluding hydrogens is 162 g/mol. The summed E-state index contributed by atoms with van der Waals surface area (Å²) in [5, 5.41) is 7.96. The molecule has 2 aliphatic heterocycles. The first-order valence-corrected chi connectivity index (χ1v) is 4.49. The second-order valence-electron chi connectivity index (χ2n) is 4.39. The van der Waals surface area contributed by atoms with Crippen molar-refractivity contribution in [1.82, 2.24) is 0 Å². The highest BCUT2D eigenvalue weighted by Gasteiger charge is 2.26. The van der Waals surface area contributed by atoms with Gasteiger partial charge in [-0.1, -0.05) is 20.8 Å². The highest BCUT2D eigenvalue weighted by molar-refractivity contribution is 5.50. The molecule has 0 N–H and O–H groups in total. The lowest BCUT2D eigenvalue weighted by Gasteiger charge is -2.22. The molecule has 13 heavy (non-hydrogen) atoms. The van der Waals surface area contributed by atoms with Gasteiger partial charge in [0.1, 0.15) is 0 Å². The molecule has 1 unspecified atom stereocenters. The largest absolute Gasteiger partial charge is 0.316 e. The van der Waals surface area contributed by atoms with Gasteiger partial charge in [0.25, 0.3) is 6.17 Å². The smallest absolute Gasteiger partial charge is 0.205 e. The lowest BCUT2D eigenvalue weighted by atomic mass is 9.85. The van der Waals surface area contributed by atoms with E-state index in [4.69, 9.17) is 0 Å². The van der Waals surface area contributed by atoms with Gasteiger partial charge in [0.05, 0.1) is 11.3 Å². The molecule has 0 aromatic rings. The highest BCUT2D eigenvalue weighted by Crippen LogP contribution is 2.29. The van der Waals surface area contributed by atoms with Gasteiger partial charge in [-0.25, -0.2) is 4.58 Å². The van der Waals surface area contributed by atoms with Crippen LogP contribution in [0.4, 0.5) is 0 Å². The molecule has 2 rings (SSSR count). The molecule has 1 atom stereocenters. The van der Waals surface area contributed by atoms with Crippen molar-refractivity contribution in [1.29, 1.82) is 0 Å². The van der Waals surface area contributed by atoms with Crippen LogP contribution in [0.15, 0.2) is 34.2 Å². The molecule has 0 saturated heterocycles. The minimum atomic E-state index is 0.0965. The molecule has 2 aliphatic rings. The summed E-state index contributed by atoms with van der Waals surface area (Å²) in [4.78, 5) is 0. The number of allylic oxidation sites excluding steroid dienone is 2. The number of fused-ring (bicyclic) bond motifs is 1. The lowest BCUT2D eigenvalue weighted by Crippen LogP contribution is -2.21. The first-order valence-electron chi connectivity index (χ1n) is 4.49. The molecule has 68 valence electrons. The molecule has 0 bridgehead atoms. The van der Waals surface area contributed by atoms with Gasteiger partial charge in [-0.15, -0.1) is 0 Å². The maximum absolute atomic E-state index is 4.09. The molecule has 3 heteroatoms. The normalized spacial score (nSPS) is 25.6. The second-order valence-corrected chi connectivity index (χ2v) is 4.39. The summed E-state index contributed by atoms with van der Waals surface area (Å²) in [6.07, 6.45) is 8.16. The number of azo groups is 1. The number of rotatable bonds is 0. The fourth-order valence-electron chi connectivity index (χ4n) is 1.41. The van der Waals surface area contributed by atoms with Crippen LogP contribution in [0.3, 0.4) is 0 Å². The maximum Gasteiger partial charge on any atom is 0.316 e. The van der Waals surface area contributed by atoms with Gasteiger partial charge in [-0.05, 0) is 28.3 Å². The van der Waals surface area contributed by atoms with E-state index in [1.807, 2.05) is 10.8 Å². The third-order valence-corrected chi connectivity index (χ3v) is 2.30. The van der Waals surface area contributed by atoms with Crippen molar-refractivity contribution < 1.29 is 4.58 Å². The Morgan fingerprint density at radius 1 is 1.38 bits per heavy atom. The van der Waals surface area contributed by atoms with Crippen LogP contribution in [0.1, 0.15) is 20.8 Å². The fourth-order valence-corrected chi connectivity index (χ4v) is 1.41. The SMILES string of the molecule is CC(C)(C)C1=CC2N=NC=[N+]2C=C1. The number of hydrogen-bond acceptors (Lipinski definition) is 2. The Kier molecular flexibility index (Phi) is 1.68. The van der Waals surface area contributed by atoms with Crippen LogP contribution in [-0.4, -0.2) is 17.1 Å². The Balaban J connectivity index is 2.32. The second kappa shape index (κ2) is 2.62. The Bertz CT molecular complexity index is 340. The first kappa shape index (κ1) is 8.35. The minimum absolute atomic E-state index is 0.0965. The molecule has 0 aromatic heterocycles. The van der Waals surface area contributed by atoms with Crippen LogP contribution in [-0.2, 0) is 0 Å². The van der Waals surface area contributed by atoms with Gasteiger partial charge in [-0.3, -0.25) is 0 Å². The van der Waals surface area contributed by atoms with E-state index in [0.29, 0.717) is 0 Å².